The highest BCUT2D eigenvalue weighted by molar-refractivity contribution is 5.91. The molecule has 0 aliphatic heterocycles. The third-order valence-corrected chi connectivity index (χ3v) is 2.42. The number of nitrogens with zero attached hydrogens (tertiary/aromatic N) is 2. The van der Waals surface area contributed by atoms with Crippen molar-refractivity contribution in [3.05, 3.63) is 11.9 Å². The zero-order chi connectivity index (χ0) is 9.10. The fourth-order valence-corrected chi connectivity index (χ4v) is 1.34. The number of hydrogen-bond acceptors (Lipinski definition) is 3. The van der Waals surface area contributed by atoms with E-state index in [9.17, 15) is 4.79 Å². The largest absolute Gasteiger partial charge is 0.350 e. The molecule has 1 saturated carbocycles. The van der Waals surface area contributed by atoms with E-state index in [1.807, 2.05) is 0 Å². The maximum Gasteiger partial charge on any atom is 0.273 e. The fraction of sp³-hybridized carbons (Fsp3) is 0.625. The van der Waals surface area contributed by atoms with Crippen LogP contribution in [-0.4, -0.2) is 27.9 Å². The van der Waals surface area contributed by atoms with E-state index >= 15 is 0 Å². The van der Waals surface area contributed by atoms with E-state index in [-0.39, 0.29) is 5.91 Å². The molecule has 0 saturated heterocycles. The predicted molar refractivity (Wildman–Crippen MR) is 46.1 cm³/mol. The Morgan fingerprint density at radius 2 is 2.54 bits per heavy atom. The smallest absolute Gasteiger partial charge is 0.273 e. The van der Waals surface area contributed by atoms with Crippen molar-refractivity contribution in [2.45, 2.75) is 19.3 Å². The van der Waals surface area contributed by atoms with Crippen LogP contribution in [0.5, 0.6) is 0 Å². The van der Waals surface area contributed by atoms with Gasteiger partial charge in [-0.1, -0.05) is 6.42 Å². The summed E-state index contributed by atoms with van der Waals surface area (Å²) >= 11 is 0. The predicted octanol–water partition coefficient (Wildman–Crippen LogP) is 0.335. The second-order valence-corrected chi connectivity index (χ2v) is 3.36. The fourth-order valence-electron chi connectivity index (χ4n) is 1.34. The number of nitrogens with one attached hydrogen (secondary N) is 2. The molecule has 1 aliphatic carbocycles. The topological polar surface area (TPSA) is 70.7 Å². The molecule has 2 rings (SSSR count). The third kappa shape index (κ3) is 1.85. The Morgan fingerprint density at radius 1 is 1.69 bits per heavy atom. The highest BCUT2D eigenvalue weighted by Crippen LogP contribution is 2.25. The van der Waals surface area contributed by atoms with Gasteiger partial charge >= 0.3 is 0 Å². The molecule has 0 spiro atoms. The van der Waals surface area contributed by atoms with Crippen molar-refractivity contribution in [1.82, 2.24) is 20.7 Å². The lowest BCUT2D eigenvalue weighted by atomic mass is 9.85. The van der Waals surface area contributed by atoms with Crippen LogP contribution in [0.4, 0.5) is 0 Å². The van der Waals surface area contributed by atoms with Gasteiger partial charge < -0.3 is 5.32 Å². The summed E-state index contributed by atoms with van der Waals surface area (Å²) in [5.41, 5.74) is 0.360. The average molecular weight is 180 g/mol. The monoisotopic (exact) mass is 180 g/mol. The second kappa shape index (κ2) is 3.55. The van der Waals surface area contributed by atoms with Crippen molar-refractivity contribution >= 4 is 5.91 Å². The summed E-state index contributed by atoms with van der Waals surface area (Å²) in [5.74, 6) is 0.538. The highest BCUT2D eigenvalue weighted by atomic mass is 16.1. The van der Waals surface area contributed by atoms with Gasteiger partial charge in [-0.05, 0) is 18.8 Å². The van der Waals surface area contributed by atoms with E-state index in [0.29, 0.717) is 11.6 Å². The van der Waals surface area contributed by atoms with Gasteiger partial charge in [0.2, 0.25) is 0 Å². The molecule has 70 valence electrons. The van der Waals surface area contributed by atoms with Gasteiger partial charge in [0, 0.05) is 6.54 Å². The first-order valence-electron chi connectivity index (χ1n) is 4.50. The minimum atomic E-state index is -0.138. The molecule has 1 aromatic rings. The molecule has 5 nitrogen and oxygen atoms in total. The van der Waals surface area contributed by atoms with Gasteiger partial charge in [0.15, 0.2) is 5.69 Å². The third-order valence-electron chi connectivity index (χ3n) is 2.42. The van der Waals surface area contributed by atoms with E-state index in [0.717, 1.165) is 6.54 Å². The molecule has 0 atom stereocenters. The van der Waals surface area contributed by atoms with Gasteiger partial charge in [0.05, 0.1) is 6.20 Å². The van der Waals surface area contributed by atoms with Crippen LogP contribution in [-0.2, 0) is 0 Å². The van der Waals surface area contributed by atoms with Crippen LogP contribution in [0.25, 0.3) is 0 Å². The molecule has 1 fully saturated rings. The molecule has 13 heavy (non-hydrogen) atoms. The first-order valence-corrected chi connectivity index (χ1v) is 4.50. The first kappa shape index (κ1) is 8.22. The molecule has 1 aliphatic rings. The van der Waals surface area contributed by atoms with Crippen LogP contribution in [0.1, 0.15) is 29.8 Å². The molecule has 2 N–H and O–H groups in total. The summed E-state index contributed by atoms with van der Waals surface area (Å²) in [6, 6.07) is 0. The number of aromatic amines is 1. The lowest BCUT2D eigenvalue weighted by Gasteiger charge is -2.24. The normalized spacial score (nSPS) is 16.6. The number of carbonyl (C=O) groups is 1. The summed E-state index contributed by atoms with van der Waals surface area (Å²) < 4.78 is 0. The van der Waals surface area contributed by atoms with E-state index < -0.39 is 0 Å². The molecule has 0 unspecified atom stereocenters. The first-order chi connectivity index (χ1) is 6.36. The SMILES string of the molecule is O=C(NCC1CCC1)c1cn[nH]n1. The summed E-state index contributed by atoms with van der Waals surface area (Å²) in [6.07, 6.45) is 5.19. The van der Waals surface area contributed by atoms with E-state index in [1.54, 1.807) is 0 Å². The molecule has 0 radical (unpaired) electrons. The van der Waals surface area contributed by atoms with Crippen LogP contribution in [0, 0.1) is 5.92 Å². The lowest BCUT2D eigenvalue weighted by Crippen LogP contribution is -2.32. The number of rotatable bonds is 3. The van der Waals surface area contributed by atoms with Crippen molar-refractivity contribution in [1.29, 1.82) is 0 Å². The Labute approximate surface area is 75.9 Å². The summed E-state index contributed by atoms with van der Waals surface area (Å²) in [7, 11) is 0. The number of aromatic nitrogens is 3. The minimum Gasteiger partial charge on any atom is -0.350 e. The molecule has 5 heteroatoms. The van der Waals surface area contributed by atoms with Gasteiger partial charge in [-0.3, -0.25) is 4.79 Å². The number of hydrogen-bond donors (Lipinski definition) is 2. The second-order valence-electron chi connectivity index (χ2n) is 3.36. The number of H-pyrrole nitrogens is 1. The summed E-state index contributed by atoms with van der Waals surface area (Å²) in [6.45, 7) is 0.770. The van der Waals surface area contributed by atoms with Crippen molar-refractivity contribution in [2.75, 3.05) is 6.54 Å². The molecular formula is C8H12N4O. The molecule has 1 aromatic heterocycles. The summed E-state index contributed by atoms with van der Waals surface area (Å²) in [4.78, 5) is 11.3. The standard InChI is InChI=1S/C8H12N4O/c13-8(7-5-10-12-11-7)9-4-6-2-1-3-6/h5-6H,1-4H2,(H,9,13)(H,10,11,12). The van der Waals surface area contributed by atoms with Crippen LogP contribution in [0.2, 0.25) is 0 Å². The molecule has 0 aromatic carbocycles. The Hall–Kier alpha value is -1.39. The molecule has 1 heterocycles. The Morgan fingerprint density at radius 3 is 3.08 bits per heavy atom. The minimum absolute atomic E-state index is 0.138. The summed E-state index contributed by atoms with van der Waals surface area (Å²) in [5, 5.41) is 12.5. The highest BCUT2D eigenvalue weighted by Gasteiger charge is 2.18. The number of amides is 1. The zero-order valence-corrected chi connectivity index (χ0v) is 7.29. The van der Waals surface area contributed by atoms with Crippen molar-refractivity contribution in [3.63, 3.8) is 0 Å². The van der Waals surface area contributed by atoms with Gasteiger partial charge in [0.1, 0.15) is 0 Å². The van der Waals surface area contributed by atoms with Gasteiger partial charge in [0.25, 0.3) is 5.91 Å². The maximum atomic E-state index is 11.3. The van der Waals surface area contributed by atoms with Crippen LogP contribution >= 0.6 is 0 Å². The van der Waals surface area contributed by atoms with Crippen LogP contribution < -0.4 is 5.32 Å². The average Bonchev–Trinajstić information content (AvgIpc) is 2.52. The Kier molecular flexibility index (Phi) is 2.25. The lowest BCUT2D eigenvalue weighted by molar-refractivity contribution is 0.0934. The van der Waals surface area contributed by atoms with E-state index in [4.69, 9.17) is 0 Å². The Balaban J connectivity index is 1.78. The van der Waals surface area contributed by atoms with Crippen molar-refractivity contribution < 1.29 is 4.79 Å². The van der Waals surface area contributed by atoms with Crippen molar-refractivity contribution in [3.8, 4) is 0 Å². The molecule has 1 amide bonds. The zero-order valence-electron chi connectivity index (χ0n) is 7.29. The van der Waals surface area contributed by atoms with E-state index in [2.05, 4.69) is 20.7 Å². The van der Waals surface area contributed by atoms with Crippen molar-refractivity contribution in [2.24, 2.45) is 5.92 Å². The van der Waals surface area contributed by atoms with Gasteiger partial charge in [-0.25, -0.2) is 0 Å². The van der Waals surface area contributed by atoms with Crippen LogP contribution in [0.15, 0.2) is 6.20 Å². The number of carbonyl (C=O) groups excluding carboxylic acids is 1. The van der Waals surface area contributed by atoms with Gasteiger partial charge in [-0.2, -0.15) is 15.4 Å². The van der Waals surface area contributed by atoms with E-state index in [1.165, 1.54) is 25.5 Å². The Bertz CT molecular complexity index is 278. The quantitative estimate of drug-likeness (QED) is 0.704. The van der Waals surface area contributed by atoms with Gasteiger partial charge in [-0.15, -0.1) is 0 Å². The van der Waals surface area contributed by atoms with Crippen LogP contribution in [0.3, 0.4) is 0 Å². The molecular weight excluding hydrogens is 168 g/mol. The molecule has 0 bridgehead atoms. The maximum absolute atomic E-state index is 11.3.